The Morgan fingerprint density at radius 2 is 2.06 bits per heavy atom. The topological polar surface area (TPSA) is 74.6 Å². The van der Waals surface area contributed by atoms with E-state index in [-0.39, 0.29) is 0 Å². The second-order valence-corrected chi connectivity index (χ2v) is 4.29. The van der Waals surface area contributed by atoms with E-state index >= 15 is 0 Å². The van der Waals surface area contributed by atoms with Gasteiger partial charge in [0.1, 0.15) is 0 Å². The van der Waals surface area contributed by atoms with Crippen molar-refractivity contribution in [3.05, 3.63) is 23.8 Å². The van der Waals surface area contributed by atoms with Crippen LogP contribution in [0.1, 0.15) is 38.5 Å². The molecule has 0 aliphatic heterocycles. The maximum atomic E-state index is 10.1. The van der Waals surface area contributed by atoms with Crippen LogP contribution < -0.4 is 0 Å². The average molecular weight is 238 g/mol. The summed E-state index contributed by atoms with van der Waals surface area (Å²) in [5.74, 6) is -1.13. The molecule has 4 nitrogen and oxygen atoms in total. The number of hydrogen-bond acceptors (Lipinski definition) is 2. The van der Waals surface area contributed by atoms with Crippen molar-refractivity contribution in [3.8, 4) is 0 Å². The van der Waals surface area contributed by atoms with Gasteiger partial charge in [0.25, 0.3) is 0 Å². The first-order valence-corrected chi connectivity index (χ1v) is 5.90. The van der Waals surface area contributed by atoms with Gasteiger partial charge in [0.15, 0.2) is 0 Å². The van der Waals surface area contributed by atoms with E-state index in [2.05, 4.69) is 0 Å². The molecule has 0 aromatic carbocycles. The fourth-order valence-electron chi connectivity index (χ4n) is 1.95. The van der Waals surface area contributed by atoms with Gasteiger partial charge in [-0.05, 0) is 38.0 Å². The predicted molar refractivity (Wildman–Crippen MR) is 63.7 cm³/mol. The summed E-state index contributed by atoms with van der Waals surface area (Å²) in [5, 5.41) is 16.7. The first kappa shape index (κ1) is 13.5. The van der Waals surface area contributed by atoms with Gasteiger partial charge in [0.05, 0.1) is 6.42 Å². The number of carboxylic acid groups (broad SMARTS) is 2. The lowest BCUT2D eigenvalue weighted by Crippen LogP contribution is -2.01. The fourth-order valence-corrected chi connectivity index (χ4v) is 1.95. The van der Waals surface area contributed by atoms with E-state index in [0.717, 1.165) is 32.1 Å². The van der Waals surface area contributed by atoms with Crippen LogP contribution in [0.5, 0.6) is 0 Å². The van der Waals surface area contributed by atoms with E-state index < -0.39 is 11.9 Å². The van der Waals surface area contributed by atoms with Gasteiger partial charge in [-0.3, -0.25) is 4.79 Å². The molecule has 2 rings (SSSR count). The van der Waals surface area contributed by atoms with Crippen LogP contribution in [0.15, 0.2) is 23.8 Å². The molecule has 2 N–H and O–H groups in total. The lowest BCUT2D eigenvalue weighted by Gasteiger charge is -1.99. The van der Waals surface area contributed by atoms with Gasteiger partial charge < -0.3 is 10.2 Å². The minimum absolute atomic E-state index is 0.302. The van der Waals surface area contributed by atoms with Crippen LogP contribution in [0.25, 0.3) is 0 Å². The molecule has 0 aromatic rings. The summed E-state index contributed by atoms with van der Waals surface area (Å²) in [7, 11) is 0. The van der Waals surface area contributed by atoms with Crippen LogP contribution in [0.4, 0.5) is 0 Å². The number of carbonyl (C=O) groups is 2. The van der Waals surface area contributed by atoms with Crippen molar-refractivity contribution < 1.29 is 19.8 Å². The third kappa shape index (κ3) is 5.33. The highest BCUT2D eigenvalue weighted by atomic mass is 16.4. The van der Waals surface area contributed by atoms with Crippen molar-refractivity contribution in [3.63, 3.8) is 0 Å². The second-order valence-electron chi connectivity index (χ2n) is 4.29. The van der Waals surface area contributed by atoms with Gasteiger partial charge in [-0.2, -0.15) is 0 Å². The van der Waals surface area contributed by atoms with Crippen molar-refractivity contribution in [2.45, 2.75) is 38.5 Å². The Morgan fingerprint density at radius 1 is 1.29 bits per heavy atom. The zero-order chi connectivity index (χ0) is 12.7. The summed E-state index contributed by atoms with van der Waals surface area (Å²) < 4.78 is 0. The Morgan fingerprint density at radius 3 is 2.41 bits per heavy atom. The normalized spacial score (nSPS) is 21.6. The monoisotopic (exact) mass is 238 g/mol. The van der Waals surface area contributed by atoms with Crippen LogP contribution in [-0.4, -0.2) is 22.2 Å². The number of carboxylic acids is 2. The maximum Gasteiger partial charge on any atom is 0.331 e. The molecular weight excluding hydrogens is 220 g/mol. The van der Waals surface area contributed by atoms with Gasteiger partial charge in [-0.1, -0.05) is 18.2 Å². The molecule has 94 valence electrons. The van der Waals surface area contributed by atoms with Crippen LogP contribution in [0.2, 0.25) is 0 Å². The molecule has 2 aliphatic carbocycles. The zero-order valence-corrected chi connectivity index (χ0v) is 9.76. The molecule has 0 saturated heterocycles. The Hall–Kier alpha value is -1.58. The van der Waals surface area contributed by atoms with Crippen LogP contribution in [0, 0.1) is 5.92 Å². The Bertz CT molecular complexity index is 341. The molecule has 0 spiro atoms. The maximum absolute atomic E-state index is 10.1. The molecule has 0 saturated carbocycles. The van der Waals surface area contributed by atoms with E-state index in [1.165, 1.54) is 0 Å². The highest BCUT2D eigenvalue weighted by molar-refractivity contribution is 5.86. The largest absolute Gasteiger partial charge is 0.481 e. The third-order valence-corrected chi connectivity index (χ3v) is 2.86. The summed E-state index contributed by atoms with van der Waals surface area (Å²) in [6.07, 6.45) is 10.9. The van der Waals surface area contributed by atoms with E-state index in [0.29, 0.717) is 17.9 Å². The number of rotatable bonds is 3. The minimum atomic E-state index is -0.748. The second kappa shape index (κ2) is 6.89. The summed E-state index contributed by atoms with van der Waals surface area (Å²) in [6.45, 7) is 0. The first-order valence-electron chi connectivity index (χ1n) is 5.90. The summed E-state index contributed by atoms with van der Waals surface area (Å²) >= 11 is 0. The zero-order valence-electron chi connectivity index (χ0n) is 9.76. The van der Waals surface area contributed by atoms with Crippen molar-refractivity contribution in [1.82, 2.24) is 0 Å². The lowest BCUT2D eigenvalue weighted by molar-refractivity contribution is -0.137. The molecule has 4 heteroatoms. The van der Waals surface area contributed by atoms with Crippen LogP contribution >= 0.6 is 0 Å². The smallest absolute Gasteiger partial charge is 0.331 e. The van der Waals surface area contributed by atoms with Gasteiger partial charge in [0, 0.05) is 5.57 Å². The molecule has 17 heavy (non-hydrogen) atoms. The molecule has 2 aliphatic rings. The molecule has 0 radical (unpaired) electrons. The summed E-state index contributed by atoms with van der Waals surface area (Å²) in [6, 6.07) is 0. The SMILES string of the molecule is O=C(O)C1=CCCC1.O=C(O)CC1C=CCC1. The van der Waals surface area contributed by atoms with E-state index in [4.69, 9.17) is 10.2 Å². The Balaban J connectivity index is 0.000000171. The fraction of sp³-hybridized carbons (Fsp3) is 0.538. The number of allylic oxidation sites excluding steroid dienone is 3. The predicted octanol–water partition coefficient (Wildman–Crippen LogP) is 2.61. The highest BCUT2D eigenvalue weighted by Gasteiger charge is 2.12. The van der Waals surface area contributed by atoms with Crippen LogP contribution in [0.3, 0.4) is 0 Å². The van der Waals surface area contributed by atoms with Gasteiger partial charge in [-0.25, -0.2) is 4.79 Å². The quantitative estimate of drug-likeness (QED) is 0.741. The molecule has 1 atom stereocenters. The van der Waals surface area contributed by atoms with Gasteiger partial charge in [-0.15, -0.1) is 0 Å². The van der Waals surface area contributed by atoms with E-state index in [1.807, 2.05) is 12.2 Å². The molecule has 0 amide bonds. The third-order valence-electron chi connectivity index (χ3n) is 2.86. The van der Waals surface area contributed by atoms with Gasteiger partial charge in [0.2, 0.25) is 0 Å². The highest BCUT2D eigenvalue weighted by Crippen LogP contribution is 2.19. The Kier molecular flexibility index (Phi) is 5.46. The summed E-state index contributed by atoms with van der Waals surface area (Å²) in [5.41, 5.74) is 0.588. The average Bonchev–Trinajstić information content (AvgIpc) is 2.87. The van der Waals surface area contributed by atoms with Crippen molar-refractivity contribution >= 4 is 11.9 Å². The molecule has 0 bridgehead atoms. The van der Waals surface area contributed by atoms with Crippen molar-refractivity contribution in [1.29, 1.82) is 0 Å². The molecular formula is C13H18O4. The summed E-state index contributed by atoms with van der Waals surface area (Å²) in [4.78, 5) is 20.3. The molecule has 1 unspecified atom stereocenters. The molecule has 0 fully saturated rings. The molecule has 0 aromatic heterocycles. The number of hydrogen-bond donors (Lipinski definition) is 2. The van der Waals surface area contributed by atoms with E-state index in [1.54, 1.807) is 6.08 Å². The van der Waals surface area contributed by atoms with Crippen LogP contribution in [-0.2, 0) is 9.59 Å². The Labute approximate surface area is 101 Å². The lowest BCUT2D eigenvalue weighted by atomic mass is 10.1. The number of aliphatic carboxylic acids is 2. The van der Waals surface area contributed by atoms with E-state index in [9.17, 15) is 9.59 Å². The first-order chi connectivity index (χ1) is 8.09. The van der Waals surface area contributed by atoms with Gasteiger partial charge >= 0.3 is 11.9 Å². The minimum Gasteiger partial charge on any atom is -0.481 e. The van der Waals surface area contributed by atoms with Crippen molar-refractivity contribution in [2.24, 2.45) is 5.92 Å². The standard InChI is InChI=1S/C7H10O2.C6H8O2/c8-7(9)5-6-3-1-2-4-6;7-6(8)5-3-1-2-4-5/h1,3,6H,2,4-5H2,(H,8,9);3H,1-2,4H2,(H,7,8). The van der Waals surface area contributed by atoms with Crippen molar-refractivity contribution in [2.75, 3.05) is 0 Å². The molecule has 0 heterocycles.